The average Bonchev–Trinajstić information content (AvgIpc) is 3.13. The fourth-order valence-corrected chi connectivity index (χ4v) is 2.22. The summed E-state index contributed by atoms with van der Waals surface area (Å²) in [5, 5.41) is 12.5. The van der Waals surface area contributed by atoms with Gasteiger partial charge in [-0.15, -0.1) is 10.2 Å². The van der Waals surface area contributed by atoms with E-state index < -0.39 is 0 Å². The molecule has 2 aromatic rings. The maximum Gasteiger partial charge on any atom is 0.152 e. The van der Waals surface area contributed by atoms with E-state index in [-0.39, 0.29) is 0 Å². The SMILES string of the molecule is Cc1nnc(CNc2ccc(Cl)cc2)n1C1CC1. The number of nitrogens with zero attached hydrogens (tertiary/aromatic N) is 3. The van der Waals surface area contributed by atoms with E-state index in [0.29, 0.717) is 12.6 Å². The monoisotopic (exact) mass is 262 g/mol. The first-order valence-electron chi connectivity index (χ1n) is 6.14. The summed E-state index contributed by atoms with van der Waals surface area (Å²) >= 11 is 5.85. The van der Waals surface area contributed by atoms with E-state index in [4.69, 9.17) is 11.6 Å². The van der Waals surface area contributed by atoms with E-state index in [1.807, 2.05) is 31.2 Å². The third-order valence-electron chi connectivity index (χ3n) is 3.14. The molecule has 1 aromatic heterocycles. The molecule has 1 N–H and O–H groups in total. The summed E-state index contributed by atoms with van der Waals surface area (Å²) in [4.78, 5) is 0. The molecular weight excluding hydrogens is 248 g/mol. The Morgan fingerprint density at radius 2 is 2.00 bits per heavy atom. The van der Waals surface area contributed by atoms with Crippen molar-refractivity contribution in [3.63, 3.8) is 0 Å². The highest BCUT2D eigenvalue weighted by Crippen LogP contribution is 2.36. The van der Waals surface area contributed by atoms with Gasteiger partial charge in [0.25, 0.3) is 0 Å². The molecule has 94 valence electrons. The van der Waals surface area contributed by atoms with Gasteiger partial charge in [-0.3, -0.25) is 0 Å². The van der Waals surface area contributed by atoms with Crippen molar-refractivity contribution in [1.29, 1.82) is 0 Å². The van der Waals surface area contributed by atoms with Gasteiger partial charge in [-0.25, -0.2) is 0 Å². The third kappa shape index (κ3) is 2.34. The van der Waals surface area contributed by atoms with Crippen molar-refractivity contribution in [2.24, 2.45) is 0 Å². The lowest BCUT2D eigenvalue weighted by Gasteiger charge is -2.09. The van der Waals surface area contributed by atoms with Gasteiger partial charge >= 0.3 is 0 Å². The lowest BCUT2D eigenvalue weighted by Crippen LogP contribution is -2.08. The molecule has 18 heavy (non-hydrogen) atoms. The van der Waals surface area contributed by atoms with E-state index in [1.54, 1.807) is 0 Å². The zero-order valence-electron chi connectivity index (χ0n) is 10.2. The van der Waals surface area contributed by atoms with Crippen molar-refractivity contribution in [2.45, 2.75) is 32.4 Å². The van der Waals surface area contributed by atoms with Crippen LogP contribution in [0.15, 0.2) is 24.3 Å². The summed E-state index contributed by atoms with van der Waals surface area (Å²) in [6.45, 7) is 2.70. The second-order valence-corrected chi connectivity index (χ2v) is 5.06. The molecule has 0 unspecified atom stereocenters. The van der Waals surface area contributed by atoms with Crippen LogP contribution < -0.4 is 5.32 Å². The fraction of sp³-hybridized carbons (Fsp3) is 0.385. The largest absolute Gasteiger partial charge is 0.378 e. The second kappa shape index (κ2) is 4.61. The van der Waals surface area contributed by atoms with Gasteiger partial charge in [0.15, 0.2) is 5.82 Å². The molecule has 0 radical (unpaired) electrons. The summed E-state index contributed by atoms with van der Waals surface area (Å²) in [5.41, 5.74) is 1.04. The molecule has 0 aliphatic heterocycles. The Morgan fingerprint density at radius 3 is 2.67 bits per heavy atom. The van der Waals surface area contributed by atoms with Crippen LogP contribution in [-0.2, 0) is 6.54 Å². The van der Waals surface area contributed by atoms with Crippen LogP contribution in [0.25, 0.3) is 0 Å². The smallest absolute Gasteiger partial charge is 0.152 e. The van der Waals surface area contributed by atoms with Crippen molar-refractivity contribution >= 4 is 17.3 Å². The highest BCUT2D eigenvalue weighted by molar-refractivity contribution is 6.30. The predicted octanol–water partition coefficient (Wildman–Crippen LogP) is 3.19. The summed E-state index contributed by atoms with van der Waals surface area (Å²) in [6, 6.07) is 8.30. The molecule has 1 aliphatic rings. The van der Waals surface area contributed by atoms with Gasteiger partial charge in [-0.05, 0) is 44.0 Å². The van der Waals surface area contributed by atoms with Crippen LogP contribution >= 0.6 is 11.6 Å². The number of nitrogens with one attached hydrogen (secondary N) is 1. The van der Waals surface area contributed by atoms with Crippen molar-refractivity contribution in [3.8, 4) is 0 Å². The molecule has 3 rings (SSSR count). The van der Waals surface area contributed by atoms with E-state index >= 15 is 0 Å². The lowest BCUT2D eigenvalue weighted by atomic mass is 10.3. The van der Waals surface area contributed by atoms with Crippen LogP contribution in [0.3, 0.4) is 0 Å². The molecule has 1 aromatic carbocycles. The highest BCUT2D eigenvalue weighted by Gasteiger charge is 2.27. The van der Waals surface area contributed by atoms with E-state index in [2.05, 4.69) is 20.1 Å². The standard InChI is InChI=1S/C13H15ClN4/c1-9-16-17-13(18(9)12-6-7-12)8-15-11-4-2-10(14)3-5-11/h2-5,12,15H,6-8H2,1H3. The summed E-state index contributed by atoms with van der Waals surface area (Å²) in [6.07, 6.45) is 2.49. The van der Waals surface area contributed by atoms with E-state index in [0.717, 1.165) is 22.4 Å². The van der Waals surface area contributed by atoms with Crippen LogP contribution in [0.5, 0.6) is 0 Å². The molecule has 0 spiro atoms. The Bertz CT molecular complexity index is 543. The molecule has 4 nitrogen and oxygen atoms in total. The Morgan fingerprint density at radius 1 is 1.28 bits per heavy atom. The molecular formula is C13H15ClN4. The second-order valence-electron chi connectivity index (χ2n) is 4.63. The van der Waals surface area contributed by atoms with Crippen molar-refractivity contribution < 1.29 is 0 Å². The summed E-state index contributed by atoms with van der Waals surface area (Å²) in [7, 11) is 0. The molecule has 1 fully saturated rings. The first kappa shape index (κ1) is 11.5. The van der Waals surface area contributed by atoms with E-state index in [9.17, 15) is 0 Å². The number of hydrogen-bond donors (Lipinski definition) is 1. The first-order valence-corrected chi connectivity index (χ1v) is 6.51. The highest BCUT2D eigenvalue weighted by atomic mass is 35.5. The maximum absolute atomic E-state index is 5.85. The van der Waals surface area contributed by atoms with Crippen LogP contribution in [-0.4, -0.2) is 14.8 Å². The molecule has 1 saturated carbocycles. The van der Waals surface area contributed by atoms with Gasteiger partial charge < -0.3 is 9.88 Å². The van der Waals surface area contributed by atoms with Crippen LogP contribution in [0.1, 0.15) is 30.5 Å². The number of hydrogen-bond acceptors (Lipinski definition) is 3. The van der Waals surface area contributed by atoms with Gasteiger partial charge in [0, 0.05) is 16.8 Å². The van der Waals surface area contributed by atoms with Crippen molar-refractivity contribution in [1.82, 2.24) is 14.8 Å². The van der Waals surface area contributed by atoms with Gasteiger partial charge in [0.05, 0.1) is 6.54 Å². The molecule has 0 atom stereocenters. The first-order chi connectivity index (χ1) is 8.74. The Kier molecular flexibility index (Phi) is 2.96. The molecule has 5 heteroatoms. The molecule has 1 aliphatic carbocycles. The Hall–Kier alpha value is -1.55. The Balaban J connectivity index is 1.71. The average molecular weight is 263 g/mol. The summed E-state index contributed by atoms with van der Waals surface area (Å²) in [5.74, 6) is 2.01. The Labute approximate surface area is 111 Å². The van der Waals surface area contributed by atoms with Gasteiger partial charge in [0.1, 0.15) is 5.82 Å². The lowest BCUT2D eigenvalue weighted by molar-refractivity contribution is 0.670. The molecule has 1 heterocycles. The number of anilines is 1. The number of aromatic nitrogens is 3. The summed E-state index contributed by atoms with van der Waals surface area (Å²) < 4.78 is 2.24. The van der Waals surface area contributed by atoms with Crippen molar-refractivity contribution in [3.05, 3.63) is 40.9 Å². The van der Waals surface area contributed by atoms with Crippen LogP contribution in [0, 0.1) is 6.92 Å². The van der Waals surface area contributed by atoms with Gasteiger partial charge in [-0.2, -0.15) is 0 Å². The molecule has 0 bridgehead atoms. The van der Waals surface area contributed by atoms with Gasteiger partial charge in [-0.1, -0.05) is 11.6 Å². The minimum atomic E-state index is 0.613. The number of benzene rings is 1. The third-order valence-corrected chi connectivity index (χ3v) is 3.40. The van der Waals surface area contributed by atoms with Gasteiger partial charge in [0.2, 0.25) is 0 Å². The minimum Gasteiger partial charge on any atom is -0.378 e. The number of rotatable bonds is 4. The maximum atomic E-state index is 5.85. The predicted molar refractivity (Wildman–Crippen MR) is 71.8 cm³/mol. The minimum absolute atomic E-state index is 0.613. The zero-order valence-corrected chi connectivity index (χ0v) is 11.0. The van der Waals surface area contributed by atoms with Crippen LogP contribution in [0.4, 0.5) is 5.69 Å². The number of aryl methyl sites for hydroxylation is 1. The zero-order chi connectivity index (χ0) is 12.5. The molecule has 0 amide bonds. The molecule has 0 saturated heterocycles. The van der Waals surface area contributed by atoms with Crippen molar-refractivity contribution in [2.75, 3.05) is 5.32 Å². The fourth-order valence-electron chi connectivity index (χ4n) is 2.09. The quantitative estimate of drug-likeness (QED) is 0.920. The van der Waals surface area contributed by atoms with E-state index in [1.165, 1.54) is 12.8 Å². The normalized spacial score (nSPS) is 14.8. The van der Waals surface area contributed by atoms with Crippen LogP contribution in [0.2, 0.25) is 5.02 Å². The number of halogens is 1. The topological polar surface area (TPSA) is 42.7 Å².